The van der Waals surface area contributed by atoms with Gasteiger partial charge in [0.15, 0.2) is 0 Å². The Morgan fingerprint density at radius 1 is 1.25 bits per heavy atom. The van der Waals surface area contributed by atoms with E-state index in [9.17, 15) is 0 Å². The fraction of sp³-hybridized carbons (Fsp3) is 0.462. The molecule has 0 fully saturated rings. The molecule has 1 aromatic heterocycles. The first-order valence-corrected chi connectivity index (χ1v) is 5.69. The van der Waals surface area contributed by atoms with Crippen molar-refractivity contribution in [2.45, 2.75) is 33.1 Å². The van der Waals surface area contributed by atoms with Crippen LogP contribution in [-0.4, -0.2) is 4.98 Å². The molecule has 2 rings (SSSR count). The molecule has 0 unspecified atom stereocenters. The van der Waals surface area contributed by atoms with Crippen LogP contribution < -0.4 is 11.5 Å². The van der Waals surface area contributed by atoms with E-state index in [1.807, 2.05) is 12.1 Å². The highest BCUT2D eigenvalue weighted by Crippen LogP contribution is 2.37. The van der Waals surface area contributed by atoms with Crippen molar-refractivity contribution < 1.29 is 0 Å². The Morgan fingerprint density at radius 2 is 2.00 bits per heavy atom. The number of allylic oxidation sites excluding steroid dienone is 2. The highest BCUT2D eigenvalue weighted by Gasteiger charge is 2.22. The molecule has 0 saturated heterocycles. The summed E-state index contributed by atoms with van der Waals surface area (Å²) in [6, 6.07) is 3.79. The van der Waals surface area contributed by atoms with Gasteiger partial charge in [-0.2, -0.15) is 0 Å². The highest BCUT2D eigenvalue weighted by atomic mass is 14.9. The second-order valence-corrected chi connectivity index (χ2v) is 5.27. The first-order chi connectivity index (χ1) is 7.48. The summed E-state index contributed by atoms with van der Waals surface area (Å²) in [6.45, 7) is 4.59. The molecule has 16 heavy (non-hydrogen) atoms. The lowest BCUT2D eigenvalue weighted by atomic mass is 9.78. The molecule has 1 aliphatic rings. The molecule has 0 saturated carbocycles. The van der Waals surface area contributed by atoms with Crippen molar-refractivity contribution in [2.24, 2.45) is 5.41 Å². The maximum absolute atomic E-state index is 5.72. The number of anilines is 2. The average molecular weight is 217 g/mol. The van der Waals surface area contributed by atoms with Crippen molar-refractivity contribution in [3.05, 3.63) is 23.9 Å². The van der Waals surface area contributed by atoms with Gasteiger partial charge in [0.1, 0.15) is 5.82 Å². The van der Waals surface area contributed by atoms with E-state index >= 15 is 0 Å². The molecule has 3 heteroatoms. The van der Waals surface area contributed by atoms with Crippen LogP contribution in [-0.2, 0) is 0 Å². The quantitative estimate of drug-likeness (QED) is 0.760. The van der Waals surface area contributed by atoms with Crippen molar-refractivity contribution in [1.82, 2.24) is 4.98 Å². The van der Waals surface area contributed by atoms with Gasteiger partial charge in [-0.15, -0.1) is 0 Å². The number of hydrogen-bond donors (Lipinski definition) is 2. The summed E-state index contributed by atoms with van der Waals surface area (Å²) in [4.78, 5) is 4.33. The highest BCUT2D eigenvalue weighted by molar-refractivity contribution is 5.68. The number of nitrogens with zero attached hydrogens (tertiary/aromatic N) is 1. The lowest BCUT2D eigenvalue weighted by Crippen LogP contribution is -2.14. The predicted octanol–water partition coefficient (Wildman–Crippen LogP) is 2.84. The van der Waals surface area contributed by atoms with Crippen LogP contribution in [0.5, 0.6) is 0 Å². The van der Waals surface area contributed by atoms with Crippen LogP contribution in [0, 0.1) is 5.41 Å². The maximum atomic E-state index is 5.72. The molecule has 1 aromatic rings. The van der Waals surface area contributed by atoms with Crippen LogP contribution in [0.3, 0.4) is 0 Å². The molecule has 0 aliphatic heterocycles. The van der Waals surface area contributed by atoms with E-state index in [0.717, 1.165) is 18.5 Å². The monoisotopic (exact) mass is 217 g/mol. The zero-order chi connectivity index (χ0) is 11.8. The van der Waals surface area contributed by atoms with E-state index in [-0.39, 0.29) is 0 Å². The van der Waals surface area contributed by atoms with E-state index < -0.39 is 0 Å². The molecule has 0 atom stereocenters. The Balaban J connectivity index is 2.26. The lowest BCUT2D eigenvalue weighted by Gasteiger charge is -2.28. The second kappa shape index (κ2) is 3.81. The number of pyridine rings is 1. The number of hydrogen-bond acceptors (Lipinski definition) is 3. The first kappa shape index (κ1) is 11.0. The fourth-order valence-electron chi connectivity index (χ4n) is 1.97. The van der Waals surface area contributed by atoms with Gasteiger partial charge < -0.3 is 11.5 Å². The summed E-state index contributed by atoms with van der Waals surface area (Å²) in [7, 11) is 0. The molecule has 0 radical (unpaired) electrons. The second-order valence-electron chi connectivity index (χ2n) is 5.27. The standard InChI is InChI=1S/C13H19N3/c1-13(2)7-5-9(6-8-13)11-4-3-10(14)12(15)16-11/h3-5H,6-8,14H2,1-2H3,(H2,15,16). The van der Waals surface area contributed by atoms with Crippen molar-refractivity contribution in [3.8, 4) is 0 Å². The van der Waals surface area contributed by atoms with E-state index in [4.69, 9.17) is 11.5 Å². The van der Waals surface area contributed by atoms with Gasteiger partial charge in [0.25, 0.3) is 0 Å². The lowest BCUT2D eigenvalue weighted by molar-refractivity contribution is 0.335. The Labute approximate surface area is 96.6 Å². The van der Waals surface area contributed by atoms with Gasteiger partial charge in [-0.05, 0) is 42.4 Å². The van der Waals surface area contributed by atoms with Crippen LogP contribution >= 0.6 is 0 Å². The molecule has 0 spiro atoms. The van der Waals surface area contributed by atoms with E-state index in [0.29, 0.717) is 16.9 Å². The average Bonchev–Trinajstić information content (AvgIpc) is 2.22. The molecule has 1 aliphatic carbocycles. The zero-order valence-electron chi connectivity index (χ0n) is 9.96. The van der Waals surface area contributed by atoms with Crippen molar-refractivity contribution in [3.63, 3.8) is 0 Å². The largest absolute Gasteiger partial charge is 0.396 e. The third kappa shape index (κ3) is 2.18. The minimum absolute atomic E-state index is 0.419. The van der Waals surface area contributed by atoms with E-state index in [1.165, 1.54) is 12.0 Å². The molecule has 1 heterocycles. The smallest absolute Gasteiger partial charge is 0.147 e. The van der Waals surface area contributed by atoms with Crippen LogP contribution in [0.2, 0.25) is 0 Å². The molecule has 3 nitrogen and oxygen atoms in total. The number of nitrogen functional groups attached to an aromatic ring is 2. The van der Waals surface area contributed by atoms with Crippen LogP contribution in [0.15, 0.2) is 18.2 Å². The Hall–Kier alpha value is -1.51. The van der Waals surface area contributed by atoms with Gasteiger partial charge in [0, 0.05) is 0 Å². The minimum Gasteiger partial charge on any atom is -0.396 e. The predicted molar refractivity (Wildman–Crippen MR) is 68.7 cm³/mol. The first-order valence-electron chi connectivity index (χ1n) is 5.69. The van der Waals surface area contributed by atoms with Gasteiger partial charge in [0.2, 0.25) is 0 Å². The summed E-state index contributed by atoms with van der Waals surface area (Å²) in [5, 5.41) is 0. The van der Waals surface area contributed by atoms with Crippen LogP contribution in [0.1, 0.15) is 38.8 Å². The van der Waals surface area contributed by atoms with Crippen molar-refractivity contribution >= 4 is 17.1 Å². The van der Waals surface area contributed by atoms with Crippen molar-refractivity contribution in [1.29, 1.82) is 0 Å². The Kier molecular flexibility index (Phi) is 2.62. The minimum atomic E-state index is 0.419. The van der Waals surface area contributed by atoms with E-state index in [1.54, 1.807) is 0 Å². The Morgan fingerprint density at radius 3 is 2.56 bits per heavy atom. The van der Waals surface area contributed by atoms with Gasteiger partial charge in [-0.25, -0.2) is 4.98 Å². The SMILES string of the molecule is CC1(C)CC=C(c2ccc(N)c(N)n2)CC1. The summed E-state index contributed by atoms with van der Waals surface area (Å²) in [5.41, 5.74) is 14.6. The third-order valence-electron chi connectivity index (χ3n) is 3.26. The summed E-state index contributed by atoms with van der Waals surface area (Å²) >= 11 is 0. The number of aromatic nitrogens is 1. The zero-order valence-corrected chi connectivity index (χ0v) is 9.96. The van der Waals surface area contributed by atoms with Gasteiger partial charge >= 0.3 is 0 Å². The van der Waals surface area contributed by atoms with Crippen molar-refractivity contribution in [2.75, 3.05) is 11.5 Å². The summed E-state index contributed by atoms with van der Waals surface area (Å²) in [6.07, 6.45) is 5.66. The van der Waals surface area contributed by atoms with Crippen LogP contribution in [0.4, 0.5) is 11.5 Å². The molecular weight excluding hydrogens is 198 g/mol. The van der Waals surface area contributed by atoms with Gasteiger partial charge in [0.05, 0.1) is 11.4 Å². The molecule has 0 amide bonds. The third-order valence-corrected chi connectivity index (χ3v) is 3.26. The number of rotatable bonds is 1. The molecule has 4 N–H and O–H groups in total. The molecule has 0 aromatic carbocycles. The van der Waals surface area contributed by atoms with E-state index in [2.05, 4.69) is 24.9 Å². The summed E-state index contributed by atoms with van der Waals surface area (Å²) < 4.78 is 0. The topological polar surface area (TPSA) is 64.9 Å². The maximum Gasteiger partial charge on any atom is 0.147 e. The number of nitrogens with two attached hydrogens (primary N) is 2. The Bertz CT molecular complexity index is 433. The molecular formula is C13H19N3. The molecule has 86 valence electrons. The molecule has 0 bridgehead atoms. The van der Waals surface area contributed by atoms with Gasteiger partial charge in [-0.1, -0.05) is 19.9 Å². The summed E-state index contributed by atoms with van der Waals surface area (Å²) in [5.74, 6) is 0.434. The van der Waals surface area contributed by atoms with Gasteiger partial charge in [-0.3, -0.25) is 0 Å². The van der Waals surface area contributed by atoms with Crippen LogP contribution in [0.25, 0.3) is 5.57 Å². The normalized spacial score (nSPS) is 19.2. The fourth-order valence-corrected chi connectivity index (χ4v) is 1.97.